The van der Waals surface area contributed by atoms with E-state index in [2.05, 4.69) is 78.7 Å². The van der Waals surface area contributed by atoms with Crippen LogP contribution >= 0.6 is 0 Å². The van der Waals surface area contributed by atoms with Crippen molar-refractivity contribution < 1.29 is 0 Å². The number of allylic oxidation sites excluding steroid dienone is 12. The second-order valence-electron chi connectivity index (χ2n) is 6.22. The van der Waals surface area contributed by atoms with E-state index in [-0.39, 0.29) is 0 Å². The van der Waals surface area contributed by atoms with Gasteiger partial charge in [-0.15, -0.1) is 0 Å². The van der Waals surface area contributed by atoms with Gasteiger partial charge in [-0.1, -0.05) is 0 Å². The summed E-state index contributed by atoms with van der Waals surface area (Å²) in [4.78, 5) is 0. The van der Waals surface area contributed by atoms with Gasteiger partial charge in [0, 0.05) is 0 Å². The van der Waals surface area contributed by atoms with Gasteiger partial charge in [0.25, 0.3) is 0 Å². The first-order chi connectivity index (χ1) is 9.82. The molecule has 20 heavy (non-hydrogen) atoms. The summed E-state index contributed by atoms with van der Waals surface area (Å²) < 4.78 is 2.08. The molecule has 0 bridgehead atoms. The van der Waals surface area contributed by atoms with Crippen LogP contribution in [-0.4, -0.2) is 13.3 Å². The number of hydrogen-bond acceptors (Lipinski definition) is 0. The van der Waals surface area contributed by atoms with Crippen LogP contribution < -0.4 is 0 Å². The molecule has 0 spiro atoms. The van der Waals surface area contributed by atoms with Gasteiger partial charge in [0.05, 0.1) is 0 Å². The van der Waals surface area contributed by atoms with Gasteiger partial charge in [0.15, 0.2) is 0 Å². The molecule has 1 heteroatoms. The molecule has 0 unspecified atom stereocenters. The summed E-state index contributed by atoms with van der Waals surface area (Å²) in [6.45, 7) is 0. The van der Waals surface area contributed by atoms with E-state index in [9.17, 15) is 0 Å². The first kappa shape index (κ1) is 13.9. The zero-order valence-corrected chi connectivity index (χ0v) is 14.4. The second kappa shape index (κ2) is 6.17. The third kappa shape index (κ3) is 2.58. The molecule has 0 fully saturated rings. The van der Waals surface area contributed by atoms with Gasteiger partial charge in [0.2, 0.25) is 0 Å². The molecule has 0 aromatic carbocycles. The van der Waals surface area contributed by atoms with E-state index in [0.717, 1.165) is 19.3 Å². The predicted molar refractivity (Wildman–Crippen MR) is 91.6 cm³/mol. The van der Waals surface area contributed by atoms with Crippen molar-refractivity contribution in [2.45, 2.75) is 39.3 Å². The average Bonchev–Trinajstić information content (AvgIpc) is 2.56. The SMILES string of the molecule is [CH3][Ge]([CH]1C=CCC=C1)([CH]1C=CCC=C1)[CH]1C=CCC=C1. The second-order valence-corrected chi connectivity index (χ2v) is 16.1. The number of rotatable bonds is 3. The molecule has 3 aliphatic carbocycles. The van der Waals surface area contributed by atoms with Gasteiger partial charge in [-0.2, -0.15) is 0 Å². The van der Waals surface area contributed by atoms with Crippen LogP contribution in [0.4, 0.5) is 0 Å². The van der Waals surface area contributed by atoms with Crippen LogP contribution in [0.5, 0.6) is 0 Å². The molecule has 0 saturated heterocycles. The zero-order chi connectivity index (χ0) is 13.8. The Kier molecular flexibility index (Phi) is 4.30. The van der Waals surface area contributed by atoms with Gasteiger partial charge in [-0.25, -0.2) is 0 Å². The van der Waals surface area contributed by atoms with Crippen molar-refractivity contribution in [1.82, 2.24) is 0 Å². The minimum absolute atomic E-state index is 0.693. The fraction of sp³-hybridized carbons (Fsp3) is 0.368. The molecule has 104 valence electrons. The van der Waals surface area contributed by atoms with Crippen molar-refractivity contribution in [2.24, 2.45) is 0 Å². The molecule has 0 nitrogen and oxygen atoms in total. The van der Waals surface area contributed by atoms with Crippen LogP contribution in [0.2, 0.25) is 20.0 Å². The molecular weight excluding hydrogens is 301 g/mol. The van der Waals surface area contributed by atoms with Crippen LogP contribution in [0.15, 0.2) is 72.9 Å². The van der Waals surface area contributed by atoms with Gasteiger partial charge in [-0.05, 0) is 0 Å². The third-order valence-electron chi connectivity index (χ3n) is 5.03. The fourth-order valence-electron chi connectivity index (χ4n) is 3.69. The molecule has 0 aromatic rings. The Labute approximate surface area is 125 Å². The first-order valence-electron chi connectivity index (χ1n) is 7.82. The summed E-state index contributed by atoms with van der Waals surface area (Å²) in [5.74, 6) is 2.64. The molecule has 0 aromatic heterocycles. The Balaban J connectivity index is 1.98. The Bertz CT molecular complexity index is 406. The van der Waals surface area contributed by atoms with Crippen LogP contribution in [0.3, 0.4) is 0 Å². The maximum atomic E-state index is 2.64. The topological polar surface area (TPSA) is 0 Å². The van der Waals surface area contributed by atoms with Crippen molar-refractivity contribution in [3.05, 3.63) is 72.9 Å². The molecule has 0 atom stereocenters. The van der Waals surface area contributed by atoms with Gasteiger partial charge in [-0.3, -0.25) is 0 Å². The van der Waals surface area contributed by atoms with E-state index >= 15 is 0 Å². The van der Waals surface area contributed by atoms with Crippen LogP contribution in [0.25, 0.3) is 0 Å². The fourth-order valence-corrected chi connectivity index (χ4v) is 13.4. The van der Waals surface area contributed by atoms with Crippen molar-refractivity contribution in [1.29, 1.82) is 0 Å². The zero-order valence-electron chi connectivity index (χ0n) is 12.3. The Morgan fingerprint density at radius 2 is 0.800 bits per heavy atom. The van der Waals surface area contributed by atoms with Crippen LogP contribution in [-0.2, 0) is 0 Å². The van der Waals surface area contributed by atoms with E-state index in [1.807, 2.05) is 0 Å². The standard InChI is InChI=1S/C19H24Ge/c1-20(17-11-5-2-6-12-17,18-13-7-3-8-14-18)19-15-9-4-10-16-19/h5-19H,2-4H2,1H3. The molecule has 0 amide bonds. The van der Waals surface area contributed by atoms with Crippen molar-refractivity contribution in [3.63, 3.8) is 0 Å². The quantitative estimate of drug-likeness (QED) is 0.460. The molecule has 3 rings (SSSR count). The Hall–Kier alpha value is -1.02. The van der Waals surface area contributed by atoms with Crippen molar-refractivity contribution >= 4 is 13.3 Å². The molecule has 0 saturated carbocycles. The predicted octanol–water partition coefficient (Wildman–Crippen LogP) is 5.72. The van der Waals surface area contributed by atoms with E-state index in [1.54, 1.807) is 0 Å². The summed E-state index contributed by atoms with van der Waals surface area (Å²) in [6.07, 6.45) is 32.5. The van der Waals surface area contributed by atoms with Crippen LogP contribution in [0.1, 0.15) is 19.3 Å². The van der Waals surface area contributed by atoms with Gasteiger partial charge in [0.1, 0.15) is 0 Å². The van der Waals surface area contributed by atoms with Gasteiger partial charge >= 0.3 is 125 Å². The summed E-state index contributed by atoms with van der Waals surface area (Å²) >= 11 is -2.18. The third-order valence-corrected chi connectivity index (χ3v) is 16.5. The molecule has 0 N–H and O–H groups in total. The molecule has 0 heterocycles. The van der Waals surface area contributed by atoms with E-state index in [0.29, 0.717) is 14.3 Å². The average molecular weight is 325 g/mol. The molecule has 0 aliphatic heterocycles. The van der Waals surface area contributed by atoms with Gasteiger partial charge < -0.3 is 0 Å². The normalized spacial score (nSPS) is 23.9. The van der Waals surface area contributed by atoms with E-state index in [4.69, 9.17) is 0 Å². The van der Waals surface area contributed by atoms with E-state index in [1.165, 1.54) is 0 Å². The summed E-state index contributed by atoms with van der Waals surface area (Å²) in [5.41, 5.74) is 0. The molecule has 3 aliphatic rings. The monoisotopic (exact) mass is 326 g/mol. The maximum absolute atomic E-state index is 2.64. The Morgan fingerprint density at radius 1 is 0.550 bits per heavy atom. The summed E-state index contributed by atoms with van der Waals surface area (Å²) in [7, 11) is 0. The first-order valence-corrected chi connectivity index (χ1v) is 13.5. The Morgan fingerprint density at radius 3 is 1.05 bits per heavy atom. The van der Waals surface area contributed by atoms with Crippen molar-refractivity contribution in [2.75, 3.05) is 0 Å². The van der Waals surface area contributed by atoms with E-state index < -0.39 is 13.3 Å². The summed E-state index contributed by atoms with van der Waals surface area (Å²) in [6, 6.07) is 0. The van der Waals surface area contributed by atoms with Crippen molar-refractivity contribution in [3.8, 4) is 0 Å². The summed E-state index contributed by atoms with van der Waals surface area (Å²) in [5, 5.41) is 0. The molecule has 0 radical (unpaired) electrons. The van der Waals surface area contributed by atoms with Crippen LogP contribution in [0, 0.1) is 0 Å². The number of hydrogen-bond donors (Lipinski definition) is 0. The molecular formula is C19H24Ge. The minimum atomic E-state index is -2.18.